The molecule has 0 saturated heterocycles. The largest absolute Gasteiger partial charge is 0.480 e. The molecule has 29 heavy (non-hydrogen) atoms. The number of carbonyl (C=O) groups is 2. The van der Waals surface area contributed by atoms with Crippen LogP contribution in [-0.4, -0.2) is 23.0 Å². The van der Waals surface area contributed by atoms with E-state index >= 15 is 0 Å². The van der Waals surface area contributed by atoms with E-state index in [-0.39, 0.29) is 0 Å². The van der Waals surface area contributed by atoms with Crippen LogP contribution in [0.15, 0.2) is 60.7 Å². The minimum absolute atomic E-state index is 0.369. The lowest BCUT2D eigenvalue weighted by Gasteiger charge is -2.23. The van der Waals surface area contributed by atoms with Crippen LogP contribution >= 0.6 is 0 Å². The lowest BCUT2D eigenvalue weighted by atomic mass is 9.89. The van der Waals surface area contributed by atoms with Gasteiger partial charge in [-0.05, 0) is 22.3 Å². The van der Waals surface area contributed by atoms with Gasteiger partial charge in [-0.2, -0.15) is 0 Å². The second kappa shape index (κ2) is 7.09. The van der Waals surface area contributed by atoms with Gasteiger partial charge in [-0.3, -0.25) is 4.79 Å². The molecule has 0 aliphatic heterocycles. The van der Waals surface area contributed by atoms with Crippen LogP contribution in [0.2, 0.25) is 0 Å². The fourth-order valence-electron chi connectivity index (χ4n) is 3.81. The van der Waals surface area contributed by atoms with E-state index in [1.807, 2.05) is 24.3 Å². The lowest BCUT2D eigenvalue weighted by molar-refractivity contribution is -0.139. The van der Waals surface area contributed by atoms with Crippen LogP contribution in [0, 0.1) is 17.5 Å². The third-order valence-corrected chi connectivity index (χ3v) is 5.00. The fraction of sp³-hybridized carbons (Fsp3) is 0.0909. The highest BCUT2D eigenvalue weighted by molar-refractivity contribution is 5.98. The highest BCUT2D eigenvalue weighted by Gasteiger charge is 2.39. The highest BCUT2D eigenvalue weighted by Crippen LogP contribution is 2.46. The summed E-state index contributed by atoms with van der Waals surface area (Å²) >= 11 is 0. The molecule has 1 aliphatic rings. The summed E-state index contributed by atoms with van der Waals surface area (Å²) in [6.45, 7) is 0. The molecule has 1 atom stereocenters. The fourth-order valence-corrected chi connectivity index (χ4v) is 3.81. The van der Waals surface area contributed by atoms with Crippen molar-refractivity contribution in [2.45, 2.75) is 12.0 Å². The average Bonchev–Trinajstić information content (AvgIpc) is 2.99. The normalized spacial score (nSPS) is 13.5. The van der Waals surface area contributed by atoms with Crippen molar-refractivity contribution in [3.05, 3.63) is 94.8 Å². The zero-order chi connectivity index (χ0) is 20.7. The Labute approximate surface area is 163 Å². The Morgan fingerprint density at radius 2 is 1.34 bits per heavy atom. The van der Waals surface area contributed by atoms with Crippen LogP contribution in [0.3, 0.4) is 0 Å². The van der Waals surface area contributed by atoms with Crippen molar-refractivity contribution >= 4 is 11.9 Å². The van der Waals surface area contributed by atoms with Crippen LogP contribution in [0.1, 0.15) is 27.4 Å². The minimum Gasteiger partial charge on any atom is -0.480 e. The summed E-state index contributed by atoms with van der Waals surface area (Å²) in [5.41, 5.74) is 1.99. The molecule has 0 bridgehead atoms. The number of benzene rings is 3. The maximum Gasteiger partial charge on any atom is 0.327 e. The van der Waals surface area contributed by atoms with Crippen LogP contribution in [0.25, 0.3) is 11.1 Å². The molecule has 1 aliphatic carbocycles. The van der Waals surface area contributed by atoms with Crippen LogP contribution in [0.4, 0.5) is 13.2 Å². The van der Waals surface area contributed by atoms with E-state index in [9.17, 15) is 27.9 Å². The first-order chi connectivity index (χ1) is 13.9. The number of halogens is 3. The summed E-state index contributed by atoms with van der Waals surface area (Å²) in [4.78, 5) is 24.6. The molecule has 4 rings (SSSR count). The quantitative estimate of drug-likeness (QED) is 0.697. The van der Waals surface area contributed by atoms with Gasteiger partial charge >= 0.3 is 5.97 Å². The molecule has 0 fully saturated rings. The molecule has 3 aromatic carbocycles. The maximum absolute atomic E-state index is 14.0. The Morgan fingerprint density at radius 3 is 1.83 bits per heavy atom. The predicted octanol–water partition coefficient (Wildman–Crippen LogP) is 4.10. The zero-order valence-electron chi connectivity index (χ0n) is 14.8. The van der Waals surface area contributed by atoms with Gasteiger partial charge in [0.25, 0.3) is 5.91 Å². The molecule has 7 heteroatoms. The molecular formula is C22H14F3NO3. The molecule has 0 heterocycles. The standard InChI is InChI=1S/C22H14F3NO3/c23-11-9-16(24)19(17(25)10-11)21(27)26-20(22(28)29)18-14-7-3-1-5-12(14)13-6-2-4-8-15(13)18/h1-10,18,20H,(H,26,27)(H,28,29)/t20-/m1/s1. The van der Waals surface area contributed by atoms with Gasteiger partial charge in [-0.1, -0.05) is 48.5 Å². The Kier molecular flexibility index (Phi) is 4.58. The smallest absolute Gasteiger partial charge is 0.327 e. The Balaban J connectivity index is 1.77. The summed E-state index contributed by atoms with van der Waals surface area (Å²) in [6.07, 6.45) is 0. The van der Waals surface area contributed by atoms with E-state index in [2.05, 4.69) is 5.32 Å². The van der Waals surface area contributed by atoms with Crippen molar-refractivity contribution in [1.29, 1.82) is 0 Å². The molecule has 0 radical (unpaired) electrons. The lowest BCUT2D eigenvalue weighted by Crippen LogP contribution is -2.45. The van der Waals surface area contributed by atoms with E-state index in [1.54, 1.807) is 24.3 Å². The first kappa shape index (κ1) is 18.7. The number of hydrogen-bond acceptors (Lipinski definition) is 2. The van der Waals surface area contributed by atoms with E-state index in [0.717, 1.165) is 11.1 Å². The second-order valence-corrected chi connectivity index (χ2v) is 6.69. The number of aliphatic carboxylic acids is 1. The summed E-state index contributed by atoms with van der Waals surface area (Å²) in [5, 5.41) is 12.0. The number of carboxylic acids is 1. The van der Waals surface area contributed by atoms with Crippen molar-refractivity contribution in [2.75, 3.05) is 0 Å². The maximum atomic E-state index is 14.0. The molecule has 0 aromatic heterocycles. The predicted molar refractivity (Wildman–Crippen MR) is 98.9 cm³/mol. The van der Waals surface area contributed by atoms with Gasteiger partial charge in [0.15, 0.2) is 0 Å². The zero-order valence-corrected chi connectivity index (χ0v) is 14.8. The van der Waals surface area contributed by atoms with Crippen molar-refractivity contribution in [1.82, 2.24) is 5.32 Å². The van der Waals surface area contributed by atoms with Crippen molar-refractivity contribution in [3.8, 4) is 11.1 Å². The van der Waals surface area contributed by atoms with Gasteiger partial charge in [0, 0.05) is 18.1 Å². The van der Waals surface area contributed by atoms with Crippen molar-refractivity contribution in [2.24, 2.45) is 0 Å². The van der Waals surface area contributed by atoms with Crippen molar-refractivity contribution in [3.63, 3.8) is 0 Å². The number of nitrogens with one attached hydrogen (secondary N) is 1. The number of amides is 1. The molecule has 0 spiro atoms. The molecule has 1 amide bonds. The van der Waals surface area contributed by atoms with Gasteiger partial charge in [0.1, 0.15) is 29.1 Å². The Bertz CT molecular complexity index is 1080. The number of hydrogen-bond donors (Lipinski definition) is 2. The van der Waals surface area contributed by atoms with Crippen LogP contribution < -0.4 is 5.32 Å². The van der Waals surface area contributed by atoms with Crippen molar-refractivity contribution < 1.29 is 27.9 Å². The number of carboxylic acid groups (broad SMARTS) is 1. The summed E-state index contributed by atoms with van der Waals surface area (Å²) in [6, 6.07) is 13.6. The van der Waals surface area contributed by atoms with Gasteiger partial charge in [0.05, 0.1) is 0 Å². The van der Waals surface area contributed by atoms with Gasteiger partial charge < -0.3 is 10.4 Å². The highest BCUT2D eigenvalue weighted by atomic mass is 19.1. The third kappa shape index (κ3) is 3.14. The first-order valence-corrected chi connectivity index (χ1v) is 8.75. The number of rotatable bonds is 4. The third-order valence-electron chi connectivity index (χ3n) is 5.00. The number of fused-ring (bicyclic) bond motifs is 3. The van der Waals surface area contributed by atoms with Gasteiger partial charge in [-0.15, -0.1) is 0 Å². The average molecular weight is 397 g/mol. The molecule has 146 valence electrons. The van der Waals surface area contributed by atoms with Crippen LogP contribution in [-0.2, 0) is 4.79 Å². The van der Waals surface area contributed by atoms with E-state index < -0.39 is 46.9 Å². The van der Waals surface area contributed by atoms with E-state index in [1.165, 1.54) is 0 Å². The van der Waals surface area contributed by atoms with Crippen LogP contribution in [0.5, 0.6) is 0 Å². The van der Waals surface area contributed by atoms with Gasteiger partial charge in [-0.25, -0.2) is 18.0 Å². The molecule has 0 unspecified atom stereocenters. The second-order valence-electron chi connectivity index (χ2n) is 6.69. The Morgan fingerprint density at radius 1 is 0.862 bits per heavy atom. The van der Waals surface area contributed by atoms with E-state index in [4.69, 9.17) is 0 Å². The summed E-state index contributed by atoms with van der Waals surface area (Å²) < 4.78 is 41.1. The topological polar surface area (TPSA) is 66.4 Å². The minimum atomic E-state index is -1.49. The van der Waals surface area contributed by atoms with E-state index in [0.29, 0.717) is 23.3 Å². The molecule has 3 aromatic rings. The summed E-state index contributed by atoms with van der Waals surface area (Å²) in [7, 11) is 0. The number of carbonyl (C=O) groups excluding carboxylic acids is 1. The molecule has 4 nitrogen and oxygen atoms in total. The SMILES string of the molecule is O=C(N[C@@H](C(=O)O)C1c2ccccc2-c2ccccc21)c1c(F)cc(F)cc1F. The molecule has 2 N–H and O–H groups in total. The monoisotopic (exact) mass is 397 g/mol. The molecule has 0 saturated carbocycles. The van der Waals surface area contributed by atoms with Gasteiger partial charge in [0.2, 0.25) is 0 Å². The molecular weight excluding hydrogens is 383 g/mol. The first-order valence-electron chi connectivity index (χ1n) is 8.75. The summed E-state index contributed by atoms with van der Waals surface area (Å²) in [5.74, 6) is -7.37. The Hall–Kier alpha value is -3.61.